The smallest absolute Gasteiger partial charge is 0.253 e. The van der Waals surface area contributed by atoms with Crippen LogP contribution in [0.5, 0.6) is 0 Å². The molecule has 0 aliphatic rings. The van der Waals surface area contributed by atoms with Crippen LogP contribution in [0, 0.1) is 0 Å². The molecular formula is C14H21NO. The van der Waals surface area contributed by atoms with E-state index in [1.165, 1.54) is 5.56 Å². The normalized spacial score (nSPS) is 10.6. The predicted octanol–water partition coefficient (Wildman–Crippen LogP) is 3.29. The quantitative estimate of drug-likeness (QED) is 0.761. The summed E-state index contributed by atoms with van der Waals surface area (Å²) in [5.41, 5.74) is 2.06. The summed E-state index contributed by atoms with van der Waals surface area (Å²) in [4.78, 5) is 13.4. The number of nitrogens with zero attached hydrogens (tertiary/aromatic N) is 1. The first-order valence-electron chi connectivity index (χ1n) is 5.91. The molecule has 0 saturated heterocycles. The van der Waals surface area contributed by atoms with Crippen LogP contribution in [0.4, 0.5) is 0 Å². The number of carbonyl (C=O) groups is 1. The lowest BCUT2D eigenvalue weighted by Gasteiger charge is -2.15. The van der Waals surface area contributed by atoms with E-state index in [9.17, 15) is 4.79 Å². The Hall–Kier alpha value is -1.31. The minimum absolute atomic E-state index is 0.0767. The predicted molar refractivity (Wildman–Crippen MR) is 67.8 cm³/mol. The van der Waals surface area contributed by atoms with Gasteiger partial charge in [0.05, 0.1) is 0 Å². The highest BCUT2D eigenvalue weighted by Crippen LogP contribution is 2.23. The maximum Gasteiger partial charge on any atom is 0.253 e. The average Bonchev–Trinajstić information content (AvgIpc) is 2.30. The van der Waals surface area contributed by atoms with Gasteiger partial charge in [0.1, 0.15) is 0 Å². The Bertz CT molecular complexity index is 354. The summed E-state index contributed by atoms with van der Waals surface area (Å²) >= 11 is 0. The van der Waals surface area contributed by atoms with Gasteiger partial charge >= 0.3 is 0 Å². The summed E-state index contributed by atoms with van der Waals surface area (Å²) in [5.74, 6) is 0.641. The van der Waals surface area contributed by atoms with E-state index in [4.69, 9.17) is 0 Å². The van der Waals surface area contributed by atoms with E-state index in [0.717, 1.165) is 18.4 Å². The number of hydrogen-bond donors (Lipinski definition) is 0. The van der Waals surface area contributed by atoms with Gasteiger partial charge in [-0.2, -0.15) is 0 Å². The van der Waals surface area contributed by atoms with Crippen LogP contribution in [0.25, 0.3) is 0 Å². The molecule has 2 nitrogen and oxygen atoms in total. The van der Waals surface area contributed by atoms with Crippen molar-refractivity contribution in [2.75, 3.05) is 14.1 Å². The van der Waals surface area contributed by atoms with Crippen LogP contribution in [0.15, 0.2) is 24.3 Å². The molecule has 1 amide bonds. The molecular weight excluding hydrogens is 198 g/mol. The van der Waals surface area contributed by atoms with Crippen molar-refractivity contribution in [1.82, 2.24) is 4.90 Å². The molecule has 88 valence electrons. The highest BCUT2D eigenvalue weighted by atomic mass is 16.2. The highest BCUT2D eigenvalue weighted by molar-refractivity contribution is 5.94. The fourth-order valence-electron chi connectivity index (χ4n) is 1.94. The Morgan fingerprint density at radius 2 is 1.88 bits per heavy atom. The van der Waals surface area contributed by atoms with E-state index in [0.29, 0.717) is 5.92 Å². The van der Waals surface area contributed by atoms with Gasteiger partial charge in [-0.25, -0.2) is 0 Å². The molecule has 0 saturated carbocycles. The molecule has 1 aromatic carbocycles. The Kier molecular flexibility index (Phi) is 4.53. The molecule has 0 aliphatic heterocycles. The third-order valence-corrected chi connectivity index (χ3v) is 3.00. The van der Waals surface area contributed by atoms with Gasteiger partial charge in [-0.3, -0.25) is 4.79 Å². The van der Waals surface area contributed by atoms with Crippen LogP contribution in [-0.4, -0.2) is 24.9 Å². The monoisotopic (exact) mass is 219 g/mol. The van der Waals surface area contributed by atoms with Gasteiger partial charge in [0, 0.05) is 19.7 Å². The zero-order chi connectivity index (χ0) is 12.1. The zero-order valence-electron chi connectivity index (χ0n) is 10.7. The molecule has 0 spiro atoms. The lowest BCUT2D eigenvalue weighted by atomic mass is 9.92. The van der Waals surface area contributed by atoms with Crippen molar-refractivity contribution in [2.45, 2.75) is 32.6 Å². The van der Waals surface area contributed by atoms with Crippen LogP contribution in [0.2, 0.25) is 0 Å². The van der Waals surface area contributed by atoms with E-state index in [-0.39, 0.29) is 5.91 Å². The largest absolute Gasteiger partial charge is 0.345 e. The van der Waals surface area contributed by atoms with Gasteiger partial charge in [-0.15, -0.1) is 0 Å². The molecule has 0 radical (unpaired) electrons. The average molecular weight is 219 g/mol. The minimum Gasteiger partial charge on any atom is -0.345 e. The standard InChI is InChI=1S/C14H21NO/c1-5-11(6-2)12-8-7-9-13(10-12)14(16)15(3)4/h7-11H,5-6H2,1-4H3. The van der Waals surface area contributed by atoms with Gasteiger partial charge in [-0.05, 0) is 36.5 Å². The molecule has 0 aromatic heterocycles. The van der Waals surface area contributed by atoms with E-state index >= 15 is 0 Å². The lowest BCUT2D eigenvalue weighted by Crippen LogP contribution is -2.21. The number of carbonyl (C=O) groups excluding carboxylic acids is 1. The van der Waals surface area contributed by atoms with Gasteiger partial charge in [0.2, 0.25) is 0 Å². The van der Waals surface area contributed by atoms with Crippen molar-refractivity contribution in [3.8, 4) is 0 Å². The molecule has 0 unspecified atom stereocenters. The fraction of sp³-hybridized carbons (Fsp3) is 0.500. The van der Waals surface area contributed by atoms with Crippen LogP contribution >= 0.6 is 0 Å². The molecule has 0 bridgehead atoms. The van der Waals surface area contributed by atoms with Crippen molar-refractivity contribution >= 4 is 5.91 Å². The molecule has 16 heavy (non-hydrogen) atoms. The summed E-state index contributed by atoms with van der Waals surface area (Å²) in [7, 11) is 3.57. The van der Waals surface area contributed by atoms with Crippen molar-refractivity contribution in [3.63, 3.8) is 0 Å². The zero-order valence-corrected chi connectivity index (χ0v) is 10.7. The van der Waals surface area contributed by atoms with Gasteiger partial charge in [0.25, 0.3) is 5.91 Å². The van der Waals surface area contributed by atoms with Gasteiger partial charge < -0.3 is 4.90 Å². The van der Waals surface area contributed by atoms with Crippen molar-refractivity contribution < 1.29 is 4.79 Å². The molecule has 0 fully saturated rings. The Labute approximate surface area is 98.3 Å². The Morgan fingerprint density at radius 1 is 1.25 bits per heavy atom. The molecule has 1 aromatic rings. The van der Waals surface area contributed by atoms with Crippen molar-refractivity contribution in [2.24, 2.45) is 0 Å². The maximum absolute atomic E-state index is 11.8. The first kappa shape index (κ1) is 12.8. The summed E-state index contributed by atoms with van der Waals surface area (Å²) in [6.45, 7) is 4.38. The van der Waals surface area contributed by atoms with Gasteiger partial charge in [-0.1, -0.05) is 26.0 Å². The van der Waals surface area contributed by atoms with Crippen molar-refractivity contribution in [3.05, 3.63) is 35.4 Å². The maximum atomic E-state index is 11.8. The van der Waals surface area contributed by atoms with Gasteiger partial charge in [0.15, 0.2) is 0 Å². The number of hydrogen-bond acceptors (Lipinski definition) is 1. The van der Waals surface area contributed by atoms with E-state index in [2.05, 4.69) is 19.9 Å². The molecule has 1 rings (SSSR count). The summed E-state index contributed by atoms with van der Waals surface area (Å²) < 4.78 is 0. The first-order chi connectivity index (χ1) is 7.60. The second-order valence-corrected chi connectivity index (χ2v) is 4.34. The van der Waals surface area contributed by atoms with E-state index in [1.54, 1.807) is 19.0 Å². The van der Waals surface area contributed by atoms with E-state index < -0.39 is 0 Å². The number of rotatable bonds is 4. The molecule has 2 heteroatoms. The Balaban J connectivity index is 2.99. The molecule has 0 heterocycles. The van der Waals surface area contributed by atoms with Crippen LogP contribution < -0.4 is 0 Å². The highest BCUT2D eigenvalue weighted by Gasteiger charge is 2.11. The van der Waals surface area contributed by atoms with Crippen LogP contribution in [0.1, 0.15) is 48.5 Å². The molecule has 0 aliphatic carbocycles. The summed E-state index contributed by atoms with van der Waals surface area (Å²) in [6.07, 6.45) is 2.24. The SMILES string of the molecule is CCC(CC)c1cccc(C(=O)N(C)C)c1. The minimum atomic E-state index is 0.0767. The number of benzene rings is 1. The van der Waals surface area contributed by atoms with Crippen molar-refractivity contribution in [1.29, 1.82) is 0 Å². The summed E-state index contributed by atoms with van der Waals surface area (Å²) in [6, 6.07) is 8.00. The molecule has 0 N–H and O–H groups in total. The van der Waals surface area contributed by atoms with Crippen LogP contribution in [0.3, 0.4) is 0 Å². The lowest BCUT2D eigenvalue weighted by molar-refractivity contribution is 0.0827. The van der Waals surface area contributed by atoms with E-state index in [1.807, 2.05) is 18.2 Å². The Morgan fingerprint density at radius 3 is 2.38 bits per heavy atom. The fourth-order valence-corrected chi connectivity index (χ4v) is 1.94. The summed E-state index contributed by atoms with van der Waals surface area (Å²) in [5, 5.41) is 0. The van der Waals surface area contributed by atoms with Crippen LogP contribution in [-0.2, 0) is 0 Å². The topological polar surface area (TPSA) is 20.3 Å². The third-order valence-electron chi connectivity index (χ3n) is 3.00. The molecule has 0 atom stereocenters. The first-order valence-corrected chi connectivity index (χ1v) is 5.91. The number of amides is 1. The second-order valence-electron chi connectivity index (χ2n) is 4.34. The third kappa shape index (κ3) is 2.84. The second kappa shape index (κ2) is 5.69.